The van der Waals surface area contributed by atoms with Gasteiger partial charge < -0.3 is 5.32 Å². The molecule has 0 saturated heterocycles. The smallest absolute Gasteiger partial charge is 0.0348 e. The van der Waals surface area contributed by atoms with Crippen LogP contribution in [0.4, 0.5) is 0 Å². The Kier molecular flexibility index (Phi) is 4.11. The molecule has 1 unspecified atom stereocenters. The molecular weight excluding hydrogens is 218 g/mol. The summed E-state index contributed by atoms with van der Waals surface area (Å²) in [5.74, 6) is 0.872. The number of benzene rings is 1. The van der Waals surface area contributed by atoms with Crippen molar-refractivity contribution in [2.24, 2.45) is 5.92 Å². The molecule has 1 N–H and O–H groups in total. The Morgan fingerprint density at radius 3 is 2.22 bits per heavy atom. The van der Waals surface area contributed by atoms with Crippen LogP contribution < -0.4 is 5.32 Å². The van der Waals surface area contributed by atoms with Crippen LogP contribution in [0.15, 0.2) is 24.3 Å². The zero-order valence-corrected chi connectivity index (χ0v) is 12.3. The van der Waals surface area contributed by atoms with E-state index in [2.05, 4.69) is 57.3 Å². The molecule has 18 heavy (non-hydrogen) atoms. The molecule has 0 aliphatic heterocycles. The quantitative estimate of drug-likeness (QED) is 0.809. The van der Waals surface area contributed by atoms with E-state index in [9.17, 15) is 0 Å². The van der Waals surface area contributed by atoms with Crippen molar-refractivity contribution in [1.82, 2.24) is 5.32 Å². The molecule has 1 aliphatic rings. The third kappa shape index (κ3) is 3.35. The third-order valence-electron chi connectivity index (χ3n) is 3.84. The SMILES string of the molecule is CCCNC(c1ccc(C(C)(C)C)cc1)C1CC1. The van der Waals surface area contributed by atoms with Crippen LogP contribution in [0.3, 0.4) is 0 Å². The Morgan fingerprint density at radius 1 is 1.17 bits per heavy atom. The summed E-state index contributed by atoms with van der Waals surface area (Å²) in [6.45, 7) is 10.2. The first-order chi connectivity index (χ1) is 8.52. The summed E-state index contributed by atoms with van der Waals surface area (Å²) in [6.07, 6.45) is 3.99. The van der Waals surface area contributed by atoms with Crippen LogP contribution in [0, 0.1) is 5.92 Å². The molecule has 0 amide bonds. The van der Waals surface area contributed by atoms with Crippen LogP contribution >= 0.6 is 0 Å². The molecule has 0 heterocycles. The largest absolute Gasteiger partial charge is 0.310 e. The maximum atomic E-state index is 3.71. The van der Waals surface area contributed by atoms with E-state index in [1.807, 2.05) is 0 Å². The Bertz CT molecular complexity index is 368. The predicted octanol–water partition coefficient (Wildman–Crippen LogP) is 4.43. The van der Waals surface area contributed by atoms with Crippen LogP contribution in [-0.4, -0.2) is 6.54 Å². The monoisotopic (exact) mass is 245 g/mol. The van der Waals surface area contributed by atoms with Crippen LogP contribution in [0.25, 0.3) is 0 Å². The van der Waals surface area contributed by atoms with Gasteiger partial charge in [0.2, 0.25) is 0 Å². The van der Waals surface area contributed by atoms with E-state index in [1.165, 1.54) is 30.4 Å². The second kappa shape index (κ2) is 5.44. The van der Waals surface area contributed by atoms with Gasteiger partial charge in [-0.3, -0.25) is 0 Å². The zero-order chi connectivity index (χ0) is 13.2. The second-order valence-corrected chi connectivity index (χ2v) is 6.64. The van der Waals surface area contributed by atoms with Crippen molar-refractivity contribution in [3.8, 4) is 0 Å². The Labute approximate surface area is 112 Å². The van der Waals surface area contributed by atoms with Gasteiger partial charge in [0, 0.05) is 6.04 Å². The average molecular weight is 245 g/mol. The molecule has 1 atom stereocenters. The highest BCUT2D eigenvalue weighted by Gasteiger charge is 2.31. The van der Waals surface area contributed by atoms with Crippen molar-refractivity contribution in [3.63, 3.8) is 0 Å². The first-order valence-corrected chi connectivity index (χ1v) is 7.36. The van der Waals surface area contributed by atoms with Gasteiger partial charge >= 0.3 is 0 Å². The molecule has 2 rings (SSSR count). The Hall–Kier alpha value is -0.820. The van der Waals surface area contributed by atoms with E-state index in [0.29, 0.717) is 6.04 Å². The van der Waals surface area contributed by atoms with E-state index >= 15 is 0 Å². The molecule has 1 aromatic carbocycles. The Morgan fingerprint density at radius 2 is 1.78 bits per heavy atom. The minimum atomic E-state index is 0.254. The molecular formula is C17H27N. The van der Waals surface area contributed by atoms with Gasteiger partial charge in [0.25, 0.3) is 0 Å². The summed E-state index contributed by atoms with van der Waals surface area (Å²) in [6, 6.07) is 9.84. The summed E-state index contributed by atoms with van der Waals surface area (Å²) in [5, 5.41) is 3.71. The van der Waals surface area contributed by atoms with Gasteiger partial charge in [-0.1, -0.05) is 52.0 Å². The van der Waals surface area contributed by atoms with E-state index in [0.717, 1.165) is 12.5 Å². The molecule has 100 valence electrons. The average Bonchev–Trinajstić information content (AvgIpc) is 3.13. The van der Waals surface area contributed by atoms with Crippen LogP contribution in [0.2, 0.25) is 0 Å². The van der Waals surface area contributed by atoms with E-state index in [-0.39, 0.29) is 5.41 Å². The van der Waals surface area contributed by atoms with Gasteiger partial charge in [-0.15, -0.1) is 0 Å². The minimum Gasteiger partial charge on any atom is -0.310 e. The fourth-order valence-corrected chi connectivity index (χ4v) is 2.48. The predicted molar refractivity (Wildman–Crippen MR) is 78.9 cm³/mol. The van der Waals surface area contributed by atoms with Crippen molar-refractivity contribution in [2.75, 3.05) is 6.54 Å². The molecule has 1 aromatic rings. The van der Waals surface area contributed by atoms with Gasteiger partial charge in [-0.2, -0.15) is 0 Å². The van der Waals surface area contributed by atoms with Gasteiger partial charge in [-0.05, 0) is 48.3 Å². The lowest BCUT2D eigenvalue weighted by Gasteiger charge is -2.22. The van der Waals surface area contributed by atoms with E-state index in [1.54, 1.807) is 0 Å². The normalized spacial score (nSPS) is 17.8. The molecule has 1 heteroatoms. The lowest BCUT2D eigenvalue weighted by molar-refractivity contribution is 0.480. The molecule has 0 spiro atoms. The maximum Gasteiger partial charge on any atom is 0.0348 e. The third-order valence-corrected chi connectivity index (χ3v) is 3.84. The van der Waals surface area contributed by atoms with Crippen LogP contribution in [0.1, 0.15) is 64.1 Å². The number of hydrogen-bond donors (Lipinski definition) is 1. The van der Waals surface area contributed by atoms with Crippen LogP contribution in [-0.2, 0) is 5.41 Å². The maximum absolute atomic E-state index is 3.71. The summed E-state index contributed by atoms with van der Waals surface area (Å²) < 4.78 is 0. The van der Waals surface area contributed by atoms with Crippen molar-refractivity contribution < 1.29 is 0 Å². The highest BCUT2D eigenvalue weighted by atomic mass is 14.9. The fraction of sp³-hybridized carbons (Fsp3) is 0.647. The van der Waals surface area contributed by atoms with Crippen LogP contribution in [0.5, 0.6) is 0 Å². The van der Waals surface area contributed by atoms with Gasteiger partial charge in [0.05, 0.1) is 0 Å². The summed E-state index contributed by atoms with van der Waals surface area (Å²) in [7, 11) is 0. The Balaban J connectivity index is 2.11. The van der Waals surface area contributed by atoms with Crippen molar-refractivity contribution in [3.05, 3.63) is 35.4 Å². The highest BCUT2D eigenvalue weighted by molar-refractivity contribution is 5.30. The fourth-order valence-electron chi connectivity index (χ4n) is 2.48. The van der Waals surface area contributed by atoms with Gasteiger partial charge in [-0.25, -0.2) is 0 Å². The first kappa shape index (κ1) is 13.6. The minimum absolute atomic E-state index is 0.254. The lowest BCUT2D eigenvalue weighted by atomic mass is 9.86. The molecule has 1 nitrogen and oxygen atoms in total. The number of rotatable bonds is 5. The molecule has 0 radical (unpaired) electrons. The molecule has 1 fully saturated rings. The topological polar surface area (TPSA) is 12.0 Å². The molecule has 0 bridgehead atoms. The molecule has 1 aliphatic carbocycles. The van der Waals surface area contributed by atoms with E-state index < -0.39 is 0 Å². The zero-order valence-electron chi connectivity index (χ0n) is 12.3. The van der Waals surface area contributed by atoms with Crippen molar-refractivity contribution >= 4 is 0 Å². The van der Waals surface area contributed by atoms with Gasteiger partial charge in [0.15, 0.2) is 0 Å². The first-order valence-electron chi connectivity index (χ1n) is 7.36. The second-order valence-electron chi connectivity index (χ2n) is 6.64. The van der Waals surface area contributed by atoms with E-state index in [4.69, 9.17) is 0 Å². The standard InChI is InChI=1S/C17H27N/c1-5-12-18-16(13-6-7-13)14-8-10-15(11-9-14)17(2,3)4/h8-11,13,16,18H,5-7,12H2,1-4H3. The highest BCUT2D eigenvalue weighted by Crippen LogP contribution is 2.41. The van der Waals surface area contributed by atoms with Crippen molar-refractivity contribution in [2.45, 2.75) is 58.4 Å². The molecule has 1 saturated carbocycles. The summed E-state index contributed by atoms with van der Waals surface area (Å²) in [5.41, 5.74) is 3.15. The van der Waals surface area contributed by atoms with Gasteiger partial charge in [0.1, 0.15) is 0 Å². The summed E-state index contributed by atoms with van der Waals surface area (Å²) >= 11 is 0. The summed E-state index contributed by atoms with van der Waals surface area (Å²) in [4.78, 5) is 0. The number of nitrogens with one attached hydrogen (secondary N) is 1. The lowest BCUT2D eigenvalue weighted by Crippen LogP contribution is -2.24. The number of hydrogen-bond acceptors (Lipinski definition) is 1. The molecule has 0 aromatic heterocycles. The van der Waals surface area contributed by atoms with Crippen molar-refractivity contribution in [1.29, 1.82) is 0 Å².